The Morgan fingerprint density at radius 3 is 2.74 bits per heavy atom. The first kappa shape index (κ1) is 13.8. The first-order valence-electron chi connectivity index (χ1n) is 6.63. The van der Waals surface area contributed by atoms with E-state index >= 15 is 0 Å². The summed E-state index contributed by atoms with van der Waals surface area (Å²) in [7, 11) is 0. The van der Waals surface area contributed by atoms with Gasteiger partial charge in [0.15, 0.2) is 11.6 Å². The number of carbonyl (C=O) groups excluding carboxylic acids is 1. The Labute approximate surface area is 112 Å². The molecule has 1 aromatic rings. The SMILES string of the molecule is O=C(CNCc1ccc(O)c(F)c1)N1CCCCC1. The number of carbonyl (C=O) groups is 1. The maximum absolute atomic E-state index is 13.1. The monoisotopic (exact) mass is 266 g/mol. The predicted molar refractivity (Wildman–Crippen MR) is 70.2 cm³/mol. The second-order valence-electron chi connectivity index (χ2n) is 4.83. The third kappa shape index (κ3) is 3.92. The van der Waals surface area contributed by atoms with E-state index in [4.69, 9.17) is 5.11 Å². The fourth-order valence-corrected chi connectivity index (χ4v) is 2.23. The van der Waals surface area contributed by atoms with Gasteiger partial charge in [0.1, 0.15) is 0 Å². The molecular weight excluding hydrogens is 247 g/mol. The quantitative estimate of drug-likeness (QED) is 0.871. The molecule has 1 amide bonds. The Hall–Kier alpha value is -1.62. The van der Waals surface area contributed by atoms with Crippen molar-refractivity contribution in [1.29, 1.82) is 0 Å². The number of nitrogens with zero attached hydrogens (tertiary/aromatic N) is 1. The van der Waals surface area contributed by atoms with Gasteiger partial charge < -0.3 is 15.3 Å². The number of benzene rings is 1. The van der Waals surface area contributed by atoms with Crippen LogP contribution < -0.4 is 5.32 Å². The molecule has 1 aromatic carbocycles. The fourth-order valence-electron chi connectivity index (χ4n) is 2.23. The van der Waals surface area contributed by atoms with Crippen LogP contribution in [0.4, 0.5) is 4.39 Å². The molecule has 0 atom stereocenters. The van der Waals surface area contributed by atoms with Crippen molar-refractivity contribution in [1.82, 2.24) is 10.2 Å². The van der Waals surface area contributed by atoms with Crippen LogP contribution in [0.25, 0.3) is 0 Å². The predicted octanol–water partition coefficient (Wildman–Crippen LogP) is 1.63. The van der Waals surface area contributed by atoms with Crippen molar-refractivity contribution in [3.63, 3.8) is 0 Å². The van der Waals surface area contributed by atoms with E-state index in [9.17, 15) is 9.18 Å². The maximum Gasteiger partial charge on any atom is 0.236 e. The van der Waals surface area contributed by atoms with Crippen LogP contribution in [0.3, 0.4) is 0 Å². The standard InChI is InChI=1S/C14H19FN2O2/c15-12-8-11(4-5-13(12)18)9-16-10-14(19)17-6-2-1-3-7-17/h4-5,8,16,18H,1-3,6-7,9-10H2. The Bertz CT molecular complexity index is 445. The van der Waals surface area contributed by atoms with Crippen molar-refractivity contribution < 1.29 is 14.3 Å². The van der Waals surface area contributed by atoms with Gasteiger partial charge in [0.05, 0.1) is 6.54 Å². The second kappa shape index (κ2) is 6.52. The molecule has 0 aliphatic carbocycles. The minimum atomic E-state index is -0.637. The lowest BCUT2D eigenvalue weighted by molar-refractivity contribution is -0.131. The topological polar surface area (TPSA) is 52.6 Å². The van der Waals surface area contributed by atoms with E-state index in [1.165, 1.54) is 18.6 Å². The van der Waals surface area contributed by atoms with Crippen LogP contribution in [0.5, 0.6) is 5.75 Å². The van der Waals surface area contributed by atoms with E-state index in [0.717, 1.165) is 25.9 Å². The lowest BCUT2D eigenvalue weighted by atomic mass is 10.1. The van der Waals surface area contributed by atoms with Crippen LogP contribution in [0.15, 0.2) is 18.2 Å². The zero-order chi connectivity index (χ0) is 13.7. The van der Waals surface area contributed by atoms with Crippen molar-refractivity contribution in [3.05, 3.63) is 29.6 Å². The number of phenolic OH excluding ortho intramolecular Hbond substituents is 1. The third-order valence-electron chi connectivity index (χ3n) is 3.33. The van der Waals surface area contributed by atoms with E-state index in [0.29, 0.717) is 12.1 Å². The Morgan fingerprint density at radius 2 is 2.05 bits per heavy atom. The van der Waals surface area contributed by atoms with Gasteiger partial charge in [-0.15, -0.1) is 0 Å². The van der Waals surface area contributed by atoms with Gasteiger partial charge in [-0.1, -0.05) is 6.07 Å². The molecule has 0 bridgehead atoms. The minimum absolute atomic E-state index is 0.0963. The summed E-state index contributed by atoms with van der Waals surface area (Å²) in [6.45, 7) is 2.36. The number of hydrogen-bond acceptors (Lipinski definition) is 3. The Balaban J connectivity index is 1.76. The first-order valence-corrected chi connectivity index (χ1v) is 6.63. The van der Waals surface area contributed by atoms with Gasteiger partial charge in [0, 0.05) is 19.6 Å². The molecule has 1 aliphatic heterocycles. The summed E-state index contributed by atoms with van der Waals surface area (Å²) in [4.78, 5) is 13.7. The molecule has 1 saturated heterocycles. The van der Waals surface area contributed by atoms with Gasteiger partial charge in [0.25, 0.3) is 0 Å². The summed E-state index contributed by atoms with van der Waals surface area (Å²) in [5.74, 6) is -0.895. The van der Waals surface area contributed by atoms with Crippen molar-refractivity contribution in [2.24, 2.45) is 0 Å². The van der Waals surface area contributed by atoms with E-state index in [2.05, 4.69) is 5.32 Å². The molecular formula is C14H19FN2O2. The number of likely N-dealkylation sites (tertiary alicyclic amines) is 1. The molecule has 0 radical (unpaired) electrons. The summed E-state index contributed by atoms with van der Waals surface area (Å²) >= 11 is 0. The highest BCUT2D eigenvalue weighted by Crippen LogP contribution is 2.15. The number of nitrogens with one attached hydrogen (secondary N) is 1. The van der Waals surface area contributed by atoms with Gasteiger partial charge in [-0.25, -0.2) is 4.39 Å². The summed E-state index contributed by atoms with van der Waals surface area (Å²) in [5.41, 5.74) is 0.710. The Kier molecular flexibility index (Phi) is 4.74. The minimum Gasteiger partial charge on any atom is -0.505 e. The zero-order valence-corrected chi connectivity index (χ0v) is 10.9. The molecule has 0 spiro atoms. The van der Waals surface area contributed by atoms with Gasteiger partial charge in [-0.2, -0.15) is 0 Å². The van der Waals surface area contributed by atoms with E-state index in [1.54, 1.807) is 6.07 Å². The van der Waals surface area contributed by atoms with Crippen molar-refractivity contribution in [2.75, 3.05) is 19.6 Å². The molecule has 5 heteroatoms. The van der Waals surface area contributed by atoms with Gasteiger partial charge in [-0.3, -0.25) is 4.79 Å². The largest absolute Gasteiger partial charge is 0.505 e. The number of hydrogen-bond donors (Lipinski definition) is 2. The van der Waals surface area contributed by atoms with Gasteiger partial charge in [-0.05, 0) is 37.0 Å². The number of phenols is 1. The molecule has 0 aromatic heterocycles. The highest BCUT2D eigenvalue weighted by atomic mass is 19.1. The first-order chi connectivity index (χ1) is 9.16. The molecule has 1 fully saturated rings. The van der Waals surface area contributed by atoms with E-state index < -0.39 is 5.82 Å². The Morgan fingerprint density at radius 1 is 1.32 bits per heavy atom. The van der Waals surface area contributed by atoms with E-state index in [1.807, 2.05) is 4.90 Å². The summed E-state index contributed by atoms with van der Waals surface area (Å²) in [5, 5.41) is 12.1. The molecule has 0 saturated carbocycles. The summed E-state index contributed by atoms with van der Waals surface area (Å²) in [6, 6.07) is 4.23. The fraction of sp³-hybridized carbons (Fsp3) is 0.500. The molecule has 2 rings (SSSR count). The molecule has 1 aliphatic rings. The number of rotatable bonds is 4. The number of halogens is 1. The summed E-state index contributed by atoms with van der Waals surface area (Å²) < 4.78 is 13.1. The molecule has 1 heterocycles. The third-order valence-corrected chi connectivity index (χ3v) is 3.33. The van der Waals surface area contributed by atoms with Crippen molar-refractivity contribution in [3.8, 4) is 5.75 Å². The van der Waals surface area contributed by atoms with Crippen LogP contribution in [-0.4, -0.2) is 35.5 Å². The lowest BCUT2D eigenvalue weighted by Gasteiger charge is -2.26. The van der Waals surface area contributed by atoms with Gasteiger partial charge >= 0.3 is 0 Å². The summed E-state index contributed by atoms with van der Waals surface area (Å²) in [6.07, 6.45) is 3.35. The zero-order valence-electron chi connectivity index (χ0n) is 10.9. The smallest absolute Gasteiger partial charge is 0.236 e. The molecule has 4 nitrogen and oxygen atoms in total. The van der Waals surface area contributed by atoms with Crippen molar-refractivity contribution in [2.45, 2.75) is 25.8 Å². The lowest BCUT2D eigenvalue weighted by Crippen LogP contribution is -2.40. The number of amides is 1. The second-order valence-corrected chi connectivity index (χ2v) is 4.83. The van der Waals surface area contributed by atoms with Crippen LogP contribution >= 0.6 is 0 Å². The van der Waals surface area contributed by atoms with Crippen LogP contribution in [0.2, 0.25) is 0 Å². The van der Waals surface area contributed by atoms with Gasteiger partial charge in [0.2, 0.25) is 5.91 Å². The molecule has 19 heavy (non-hydrogen) atoms. The maximum atomic E-state index is 13.1. The highest BCUT2D eigenvalue weighted by Gasteiger charge is 2.15. The average molecular weight is 266 g/mol. The number of piperidine rings is 1. The van der Waals surface area contributed by atoms with E-state index in [-0.39, 0.29) is 18.2 Å². The highest BCUT2D eigenvalue weighted by molar-refractivity contribution is 5.78. The van der Waals surface area contributed by atoms with Crippen LogP contribution in [0, 0.1) is 5.82 Å². The van der Waals surface area contributed by atoms with Crippen molar-refractivity contribution >= 4 is 5.91 Å². The average Bonchev–Trinajstić information content (AvgIpc) is 2.43. The van der Waals surface area contributed by atoms with Crippen LogP contribution in [-0.2, 0) is 11.3 Å². The molecule has 2 N–H and O–H groups in total. The molecule has 0 unspecified atom stereocenters. The normalized spacial score (nSPS) is 15.5. The molecule has 104 valence electrons. The number of aromatic hydroxyl groups is 1. The van der Waals surface area contributed by atoms with Crippen LogP contribution in [0.1, 0.15) is 24.8 Å².